The molecule has 5 heteroatoms. The summed E-state index contributed by atoms with van der Waals surface area (Å²) >= 11 is 0. The second-order valence-corrected chi connectivity index (χ2v) is 5.80. The molecule has 1 saturated heterocycles. The Bertz CT molecular complexity index is 679. The van der Waals surface area contributed by atoms with Gasteiger partial charge in [0, 0.05) is 44.0 Å². The lowest BCUT2D eigenvalue weighted by atomic mass is 10.1. The van der Waals surface area contributed by atoms with Crippen LogP contribution in [0.25, 0.3) is 0 Å². The van der Waals surface area contributed by atoms with Crippen molar-refractivity contribution in [2.45, 2.75) is 6.54 Å². The van der Waals surface area contributed by atoms with E-state index in [0.717, 1.165) is 44.0 Å². The zero-order valence-corrected chi connectivity index (χ0v) is 12.9. The molecule has 2 N–H and O–H groups in total. The third-order valence-corrected chi connectivity index (χ3v) is 4.18. The van der Waals surface area contributed by atoms with Crippen LogP contribution in [0.3, 0.4) is 0 Å². The van der Waals surface area contributed by atoms with Crippen LogP contribution in [0.15, 0.2) is 48.5 Å². The van der Waals surface area contributed by atoms with E-state index in [1.807, 2.05) is 18.2 Å². The topological polar surface area (TPSA) is 49.6 Å². The molecule has 0 atom stereocenters. The minimum atomic E-state index is -0.406. The van der Waals surface area contributed by atoms with E-state index < -0.39 is 5.91 Å². The number of amides is 1. The van der Waals surface area contributed by atoms with Crippen molar-refractivity contribution in [1.29, 1.82) is 0 Å². The molecule has 0 spiro atoms. The zero-order valence-electron chi connectivity index (χ0n) is 12.9. The summed E-state index contributed by atoms with van der Waals surface area (Å²) in [6.45, 7) is 4.44. The van der Waals surface area contributed by atoms with Gasteiger partial charge in [-0.1, -0.05) is 12.1 Å². The van der Waals surface area contributed by atoms with Crippen molar-refractivity contribution in [3.05, 3.63) is 65.5 Å². The molecule has 120 valence electrons. The number of carbonyl (C=O) groups excluding carboxylic acids is 1. The van der Waals surface area contributed by atoms with Gasteiger partial charge in [-0.3, -0.25) is 9.69 Å². The number of benzene rings is 2. The molecule has 1 heterocycles. The Morgan fingerprint density at radius 2 is 1.74 bits per heavy atom. The van der Waals surface area contributed by atoms with Crippen LogP contribution >= 0.6 is 0 Å². The maximum Gasteiger partial charge on any atom is 0.248 e. The van der Waals surface area contributed by atoms with Gasteiger partial charge in [-0.15, -0.1) is 0 Å². The Labute approximate surface area is 135 Å². The summed E-state index contributed by atoms with van der Waals surface area (Å²) in [7, 11) is 0. The Kier molecular flexibility index (Phi) is 4.57. The summed E-state index contributed by atoms with van der Waals surface area (Å²) in [5.41, 5.74) is 7.89. The van der Waals surface area contributed by atoms with E-state index in [4.69, 9.17) is 5.73 Å². The first kappa shape index (κ1) is 15.5. The minimum absolute atomic E-state index is 0.185. The molecule has 2 aromatic carbocycles. The van der Waals surface area contributed by atoms with E-state index in [-0.39, 0.29) is 5.82 Å². The Morgan fingerprint density at radius 1 is 1.04 bits per heavy atom. The largest absolute Gasteiger partial charge is 0.369 e. The number of hydrogen-bond acceptors (Lipinski definition) is 3. The van der Waals surface area contributed by atoms with Gasteiger partial charge in [-0.25, -0.2) is 4.39 Å². The smallest absolute Gasteiger partial charge is 0.248 e. The van der Waals surface area contributed by atoms with Crippen molar-refractivity contribution >= 4 is 11.6 Å². The van der Waals surface area contributed by atoms with Gasteiger partial charge in [0.25, 0.3) is 0 Å². The molecule has 1 amide bonds. The molecule has 0 unspecified atom stereocenters. The molecular formula is C18H20FN3O. The van der Waals surface area contributed by atoms with Gasteiger partial charge >= 0.3 is 0 Å². The highest BCUT2D eigenvalue weighted by Crippen LogP contribution is 2.18. The molecular weight excluding hydrogens is 293 g/mol. The number of nitrogens with two attached hydrogens (primary N) is 1. The molecule has 1 aliphatic rings. The quantitative estimate of drug-likeness (QED) is 0.942. The van der Waals surface area contributed by atoms with Gasteiger partial charge in [0.2, 0.25) is 5.91 Å². The highest BCUT2D eigenvalue weighted by atomic mass is 19.1. The molecule has 3 rings (SSSR count). The fraction of sp³-hybridized carbons (Fsp3) is 0.278. The lowest BCUT2D eigenvalue weighted by molar-refractivity contribution is 0.100. The number of anilines is 1. The number of nitrogens with zero attached hydrogens (tertiary/aromatic N) is 2. The predicted molar refractivity (Wildman–Crippen MR) is 88.8 cm³/mol. The van der Waals surface area contributed by atoms with E-state index in [0.29, 0.717) is 5.56 Å². The van der Waals surface area contributed by atoms with E-state index in [1.165, 1.54) is 6.07 Å². The third-order valence-electron chi connectivity index (χ3n) is 4.18. The van der Waals surface area contributed by atoms with Crippen LogP contribution in [-0.2, 0) is 6.54 Å². The van der Waals surface area contributed by atoms with E-state index in [2.05, 4.69) is 9.80 Å². The molecule has 0 saturated carbocycles. The number of hydrogen-bond donors (Lipinski definition) is 1. The number of carbonyl (C=O) groups is 1. The van der Waals surface area contributed by atoms with E-state index in [1.54, 1.807) is 24.3 Å². The Morgan fingerprint density at radius 3 is 2.35 bits per heavy atom. The van der Waals surface area contributed by atoms with Crippen molar-refractivity contribution in [3.63, 3.8) is 0 Å². The summed E-state index contributed by atoms with van der Waals surface area (Å²) in [6.07, 6.45) is 0. The predicted octanol–water partition coefficient (Wildman–Crippen LogP) is 2.25. The fourth-order valence-corrected chi connectivity index (χ4v) is 2.89. The van der Waals surface area contributed by atoms with Gasteiger partial charge < -0.3 is 10.6 Å². The maximum atomic E-state index is 13.2. The van der Waals surface area contributed by atoms with Crippen molar-refractivity contribution in [3.8, 4) is 0 Å². The number of primary amides is 1. The van der Waals surface area contributed by atoms with Gasteiger partial charge in [0.15, 0.2) is 0 Å². The molecule has 0 aromatic heterocycles. The number of rotatable bonds is 4. The van der Waals surface area contributed by atoms with E-state index >= 15 is 0 Å². The molecule has 2 aromatic rings. The van der Waals surface area contributed by atoms with Crippen molar-refractivity contribution in [2.75, 3.05) is 31.1 Å². The van der Waals surface area contributed by atoms with Gasteiger partial charge in [0.05, 0.1) is 0 Å². The first-order valence-electron chi connectivity index (χ1n) is 7.73. The monoisotopic (exact) mass is 313 g/mol. The zero-order chi connectivity index (χ0) is 16.2. The third kappa shape index (κ3) is 3.87. The standard InChI is InChI=1S/C18H20FN3O/c19-16-3-1-2-14(12-16)13-21-8-10-22(11-9-21)17-6-4-15(5-7-17)18(20)23/h1-7,12H,8-11,13H2,(H2,20,23). The van der Waals surface area contributed by atoms with Gasteiger partial charge in [-0.2, -0.15) is 0 Å². The maximum absolute atomic E-state index is 13.2. The molecule has 23 heavy (non-hydrogen) atoms. The summed E-state index contributed by atoms with van der Waals surface area (Å²) in [5, 5.41) is 0. The van der Waals surface area contributed by atoms with Crippen molar-refractivity contribution in [2.24, 2.45) is 5.73 Å². The van der Waals surface area contributed by atoms with E-state index in [9.17, 15) is 9.18 Å². The Hall–Kier alpha value is -2.40. The highest BCUT2D eigenvalue weighted by Gasteiger charge is 2.17. The first-order valence-corrected chi connectivity index (χ1v) is 7.73. The molecule has 0 radical (unpaired) electrons. The van der Waals surface area contributed by atoms with Crippen LogP contribution in [0.4, 0.5) is 10.1 Å². The lowest BCUT2D eigenvalue weighted by Crippen LogP contribution is -2.46. The van der Waals surface area contributed by atoms with Crippen LogP contribution < -0.4 is 10.6 Å². The number of halogens is 1. The average molecular weight is 313 g/mol. The van der Waals surface area contributed by atoms with Crippen LogP contribution in [0.2, 0.25) is 0 Å². The molecule has 0 bridgehead atoms. The second kappa shape index (κ2) is 6.79. The molecule has 1 aliphatic heterocycles. The van der Waals surface area contributed by atoms with Crippen LogP contribution in [0.5, 0.6) is 0 Å². The van der Waals surface area contributed by atoms with Gasteiger partial charge in [0.1, 0.15) is 5.82 Å². The lowest BCUT2D eigenvalue weighted by Gasteiger charge is -2.36. The van der Waals surface area contributed by atoms with Crippen LogP contribution in [0.1, 0.15) is 15.9 Å². The summed E-state index contributed by atoms with van der Waals surface area (Å²) in [5.74, 6) is -0.591. The fourth-order valence-electron chi connectivity index (χ4n) is 2.89. The number of piperazine rings is 1. The summed E-state index contributed by atoms with van der Waals surface area (Å²) in [4.78, 5) is 15.7. The molecule has 1 fully saturated rings. The summed E-state index contributed by atoms with van der Waals surface area (Å²) < 4.78 is 13.2. The van der Waals surface area contributed by atoms with Crippen LogP contribution in [0, 0.1) is 5.82 Å². The molecule has 4 nitrogen and oxygen atoms in total. The SMILES string of the molecule is NC(=O)c1ccc(N2CCN(Cc3cccc(F)c3)CC2)cc1. The summed E-state index contributed by atoms with van der Waals surface area (Å²) in [6, 6.07) is 14.2. The minimum Gasteiger partial charge on any atom is -0.369 e. The van der Waals surface area contributed by atoms with Gasteiger partial charge in [-0.05, 0) is 42.0 Å². The van der Waals surface area contributed by atoms with Crippen molar-refractivity contribution < 1.29 is 9.18 Å². The normalized spacial score (nSPS) is 15.6. The first-order chi connectivity index (χ1) is 11.1. The van der Waals surface area contributed by atoms with Crippen LogP contribution in [-0.4, -0.2) is 37.0 Å². The highest BCUT2D eigenvalue weighted by molar-refractivity contribution is 5.93. The molecule has 0 aliphatic carbocycles. The average Bonchev–Trinajstić information content (AvgIpc) is 2.56. The second-order valence-electron chi connectivity index (χ2n) is 5.80. The Balaban J connectivity index is 1.56. The van der Waals surface area contributed by atoms with Crippen molar-refractivity contribution in [1.82, 2.24) is 4.90 Å².